The van der Waals surface area contributed by atoms with Crippen molar-refractivity contribution in [1.82, 2.24) is 10.2 Å². The number of rotatable bonds is 13. The first-order valence-electron chi connectivity index (χ1n) is 11.6. The Kier molecular flexibility index (Phi) is 11.0. The summed E-state index contributed by atoms with van der Waals surface area (Å²) in [4.78, 5) is 27.9. The molecular formula is C25H33ClFN3O4S. The summed E-state index contributed by atoms with van der Waals surface area (Å²) in [7, 11) is -3.91. The van der Waals surface area contributed by atoms with Crippen LogP contribution >= 0.6 is 11.6 Å². The van der Waals surface area contributed by atoms with Gasteiger partial charge in [0.05, 0.1) is 17.0 Å². The van der Waals surface area contributed by atoms with E-state index < -0.39 is 34.3 Å². The predicted octanol–water partition coefficient (Wildman–Crippen LogP) is 4.01. The fraction of sp³-hybridized carbons (Fsp3) is 0.440. The van der Waals surface area contributed by atoms with Crippen LogP contribution < -0.4 is 9.62 Å². The SMILES string of the molecule is CCCCNC(=O)[C@@H](CC)N(CCc1ccccc1)C(=O)CN(c1ccc(F)c(Cl)c1)S(C)(=O)=O. The van der Waals surface area contributed by atoms with Crippen LogP contribution in [0.15, 0.2) is 48.5 Å². The van der Waals surface area contributed by atoms with Crippen molar-refractivity contribution in [3.05, 3.63) is 64.9 Å². The van der Waals surface area contributed by atoms with Gasteiger partial charge in [0.25, 0.3) is 0 Å². The molecule has 0 bridgehead atoms. The summed E-state index contributed by atoms with van der Waals surface area (Å²) in [5, 5.41) is 2.62. The summed E-state index contributed by atoms with van der Waals surface area (Å²) in [6.07, 6.45) is 3.54. The number of hydrogen-bond donors (Lipinski definition) is 1. The molecule has 0 heterocycles. The average molecular weight is 526 g/mol. The van der Waals surface area contributed by atoms with Crippen molar-refractivity contribution in [1.29, 1.82) is 0 Å². The Morgan fingerprint density at radius 2 is 1.80 bits per heavy atom. The van der Waals surface area contributed by atoms with E-state index in [2.05, 4.69) is 5.32 Å². The van der Waals surface area contributed by atoms with Gasteiger partial charge in [-0.2, -0.15) is 0 Å². The predicted molar refractivity (Wildman–Crippen MR) is 137 cm³/mol. The number of halogens is 2. The molecule has 0 fully saturated rings. The van der Waals surface area contributed by atoms with Crippen molar-refractivity contribution in [3.63, 3.8) is 0 Å². The lowest BCUT2D eigenvalue weighted by atomic mass is 10.1. The number of amides is 2. The molecule has 0 spiro atoms. The number of unbranched alkanes of at least 4 members (excludes halogenated alkanes) is 1. The van der Waals surface area contributed by atoms with E-state index in [-0.39, 0.29) is 23.2 Å². The molecule has 0 radical (unpaired) electrons. The van der Waals surface area contributed by atoms with Crippen LogP contribution in [-0.4, -0.2) is 57.1 Å². The third-order valence-electron chi connectivity index (χ3n) is 5.57. The fourth-order valence-electron chi connectivity index (χ4n) is 3.66. The standard InChI is InChI=1S/C25H33ClFN3O4S/c1-4-6-15-28-25(32)23(5-2)29(16-14-19-10-8-7-9-11-19)24(31)18-30(35(3,33)34)20-12-13-22(27)21(26)17-20/h7-13,17,23H,4-6,14-16,18H2,1-3H3,(H,28,32)/t23-/m1/s1. The number of nitrogens with zero attached hydrogens (tertiary/aromatic N) is 2. The molecule has 7 nitrogen and oxygen atoms in total. The molecule has 2 rings (SSSR count). The van der Waals surface area contributed by atoms with Crippen LogP contribution in [0.4, 0.5) is 10.1 Å². The molecule has 0 aliphatic carbocycles. The molecule has 0 saturated carbocycles. The van der Waals surface area contributed by atoms with E-state index in [9.17, 15) is 22.4 Å². The van der Waals surface area contributed by atoms with Gasteiger partial charge in [0.15, 0.2) is 0 Å². The highest BCUT2D eigenvalue weighted by Crippen LogP contribution is 2.25. The first-order valence-corrected chi connectivity index (χ1v) is 13.8. The number of carbonyl (C=O) groups is 2. The maximum atomic E-state index is 13.7. The third-order valence-corrected chi connectivity index (χ3v) is 7.00. The summed E-state index contributed by atoms with van der Waals surface area (Å²) in [6.45, 7) is 4.00. The Labute approximate surface area is 212 Å². The van der Waals surface area contributed by atoms with Crippen LogP contribution in [0.3, 0.4) is 0 Å². The van der Waals surface area contributed by atoms with Crippen LogP contribution in [0.5, 0.6) is 0 Å². The highest BCUT2D eigenvalue weighted by molar-refractivity contribution is 7.92. The zero-order valence-electron chi connectivity index (χ0n) is 20.3. The second kappa shape index (κ2) is 13.4. The molecule has 1 atom stereocenters. The lowest BCUT2D eigenvalue weighted by molar-refractivity contribution is -0.139. The second-order valence-electron chi connectivity index (χ2n) is 8.26. The minimum absolute atomic E-state index is 0.0655. The lowest BCUT2D eigenvalue weighted by Crippen LogP contribution is -2.53. The average Bonchev–Trinajstić information content (AvgIpc) is 2.82. The number of sulfonamides is 1. The number of anilines is 1. The van der Waals surface area contributed by atoms with Gasteiger partial charge in [0.1, 0.15) is 18.4 Å². The first-order chi connectivity index (χ1) is 16.6. The summed E-state index contributed by atoms with van der Waals surface area (Å²) in [5.74, 6) is -1.52. The van der Waals surface area contributed by atoms with Crippen LogP contribution in [0.2, 0.25) is 5.02 Å². The molecule has 192 valence electrons. The van der Waals surface area contributed by atoms with E-state index in [0.29, 0.717) is 19.4 Å². The maximum Gasteiger partial charge on any atom is 0.244 e. The topological polar surface area (TPSA) is 86.8 Å². The highest BCUT2D eigenvalue weighted by Gasteiger charge is 2.31. The molecule has 10 heteroatoms. The van der Waals surface area contributed by atoms with Crippen molar-refractivity contribution >= 4 is 39.1 Å². The molecular weight excluding hydrogens is 493 g/mol. The largest absolute Gasteiger partial charge is 0.354 e. The minimum Gasteiger partial charge on any atom is -0.354 e. The van der Waals surface area contributed by atoms with Gasteiger partial charge < -0.3 is 10.2 Å². The normalized spacial score (nSPS) is 12.1. The van der Waals surface area contributed by atoms with Crippen molar-refractivity contribution in [2.75, 3.05) is 30.2 Å². The van der Waals surface area contributed by atoms with Crippen LogP contribution in [0.1, 0.15) is 38.7 Å². The first kappa shape index (κ1) is 28.6. The maximum absolute atomic E-state index is 13.7. The third kappa shape index (κ3) is 8.50. The van der Waals surface area contributed by atoms with Crippen molar-refractivity contribution in [2.24, 2.45) is 0 Å². The van der Waals surface area contributed by atoms with E-state index in [1.165, 1.54) is 11.0 Å². The Morgan fingerprint density at radius 3 is 2.37 bits per heavy atom. The van der Waals surface area contributed by atoms with Gasteiger partial charge in [-0.15, -0.1) is 0 Å². The minimum atomic E-state index is -3.91. The summed E-state index contributed by atoms with van der Waals surface area (Å²) >= 11 is 5.85. The Bertz CT molecular complexity index is 1100. The zero-order chi connectivity index (χ0) is 26.0. The Morgan fingerprint density at radius 1 is 1.11 bits per heavy atom. The summed E-state index contributed by atoms with van der Waals surface area (Å²) in [6, 6.07) is 12.2. The number of benzene rings is 2. The van der Waals surface area contributed by atoms with Crippen molar-refractivity contribution < 1.29 is 22.4 Å². The molecule has 0 aromatic heterocycles. The molecule has 0 saturated heterocycles. The van der Waals surface area contributed by atoms with Crippen LogP contribution in [0.25, 0.3) is 0 Å². The Hall–Kier alpha value is -2.65. The van der Waals surface area contributed by atoms with Crippen molar-refractivity contribution in [3.8, 4) is 0 Å². The second-order valence-corrected chi connectivity index (χ2v) is 10.6. The molecule has 2 aromatic carbocycles. The molecule has 35 heavy (non-hydrogen) atoms. The quantitative estimate of drug-likeness (QED) is 0.400. The van der Waals surface area contributed by atoms with Gasteiger partial charge >= 0.3 is 0 Å². The van der Waals surface area contributed by atoms with E-state index >= 15 is 0 Å². The number of hydrogen-bond acceptors (Lipinski definition) is 4. The molecule has 1 N–H and O–H groups in total. The van der Waals surface area contributed by atoms with Gasteiger partial charge in [-0.3, -0.25) is 13.9 Å². The monoisotopic (exact) mass is 525 g/mol. The molecule has 2 aromatic rings. The van der Waals surface area contributed by atoms with Gasteiger partial charge in [-0.25, -0.2) is 12.8 Å². The zero-order valence-corrected chi connectivity index (χ0v) is 21.9. The summed E-state index contributed by atoms with van der Waals surface area (Å²) in [5.41, 5.74) is 1.05. The van der Waals surface area contributed by atoms with Gasteiger partial charge in [-0.05, 0) is 43.0 Å². The van der Waals surface area contributed by atoms with Gasteiger partial charge in [0.2, 0.25) is 21.8 Å². The van der Waals surface area contributed by atoms with Gasteiger partial charge in [0, 0.05) is 13.1 Å². The lowest BCUT2D eigenvalue weighted by Gasteiger charge is -2.33. The van der Waals surface area contributed by atoms with Crippen molar-refractivity contribution in [2.45, 2.75) is 45.6 Å². The van der Waals surface area contributed by atoms with E-state index in [1.807, 2.05) is 37.3 Å². The van der Waals surface area contributed by atoms with E-state index in [0.717, 1.165) is 41.1 Å². The van der Waals surface area contributed by atoms with Crippen LogP contribution in [0, 0.1) is 5.82 Å². The smallest absolute Gasteiger partial charge is 0.244 e. The van der Waals surface area contributed by atoms with Gasteiger partial charge in [-0.1, -0.05) is 62.2 Å². The van der Waals surface area contributed by atoms with E-state index in [4.69, 9.17) is 11.6 Å². The number of nitrogens with one attached hydrogen (secondary N) is 1. The highest BCUT2D eigenvalue weighted by atomic mass is 35.5. The van der Waals surface area contributed by atoms with Crippen LogP contribution in [-0.2, 0) is 26.0 Å². The molecule has 0 aliphatic rings. The molecule has 2 amide bonds. The Balaban J connectivity index is 2.34. The number of carbonyl (C=O) groups excluding carboxylic acids is 2. The fourth-order valence-corrected chi connectivity index (χ4v) is 4.67. The molecule has 0 aliphatic heterocycles. The summed E-state index contributed by atoms with van der Waals surface area (Å²) < 4.78 is 39.6. The molecule has 0 unspecified atom stereocenters. The van der Waals surface area contributed by atoms with E-state index in [1.54, 1.807) is 6.92 Å².